The molecule has 6 heteroatoms. The van der Waals surface area contributed by atoms with Crippen molar-refractivity contribution in [3.8, 4) is 23.1 Å². The third-order valence-electron chi connectivity index (χ3n) is 5.08. The van der Waals surface area contributed by atoms with Gasteiger partial charge in [0, 0.05) is 42.0 Å². The van der Waals surface area contributed by atoms with E-state index in [4.69, 9.17) is 9.72 Å². The molecule has 29 heavy (non-hydrogen) atoms. The van der Waals surface area contributed by atoms with Gasteiger partial charge in [0.25, 0.3) is 0 Å². The maximum atomic E-state index is 13.6. The largest absolute Gasteiger partial charge is 0.469 e. The van der Waals surface area contributed by atoms with E-state index in [9.17, 15) is 9.18 Å². The number of benzene rings is 1. The van der Waals surface area contributed by atoms with E-state index >= 15 is 0 Å². The van der Waals surface area contributed by atoms with Gasteiger partial charge in [-0.3, -0.25) is 9.78 Å². The molecule has 2 aromatic heterocycles. The molecule has 0 aliphatic carbocycles. The highest BCUT2D eigenvalue weighted by molar-refractivity contribution is 5.72. The van der Waals surface area contributed by atoms with E-state index in [1.807, 2.05) is 35.0 Å². The molecule has 5 nitrogen and oxygen atoms in total. The first kappa shape index (κ1) is 18.9. The van der Waals surface area contributed by atoms with Gasteiger partial charge in [0.1, 0.15) is 11.6 Å². The number of halogens is 1. The fourth-order valence-electron chi connectivity index (χ4n) is 3.39. The van der Waals surface area contributed by atoms with Crippen molar-refractivity contribution in [3.63, 3.8) is 0 Å². The number of carbonyl (C=O) groups is 1. The number of carbonyl (C=O) groups excluding carboxylic acids is 1. The number of ether oxygens (including phenoxy) is 1. The molecule has 0 fully saturated rings. The van der Waals surface area contributed by atoms with Gasteiger partial charge < -0.3 is 9.30 Å². The Morgan fingerprint density at radius 3 is 2.72 bits per heavy atom. The van der Waals surface area contributed by atoms with E-state index in [1.54, 1.807) is 13.1 Å². The van der Waals surface area contributed by atoms with Crippen LogP contribution < -0.4 is 0 Å². The number of hydrogen-bond acceptors (Lipinski definition) is 4. The molecule has 0 N–H and O–H groups in total. The number of hydrogen-bond donors (Lipinski definition) is 0. The maximum absolute atomic E-state index is 13.6. The Bertz CT molecular complexity index is 1120. The van der Waals surface area contributed by atoms with Crippen molar-refractivity contribution in [3.05, 3.63) is 71.2 Å². The van der Waals surface area contributed by atoms with Crippen LogP contribution in [0.2, 0.25) is 0 Å². The second-order valence-electron chi connectivity index (χ2n) is 7.07. The van der Waals surface area contributed by atoms with Gasteiger partial charge in [-0.1, -0.05) is 24.0 Å². The lowest BCUT2D eigenvalue weighted by atomic mass is 10.00. The number of nitrogens with zero attached hydrogens (tertiary/aromatic N) is 3. The molecule has 0 bridgehead atoms. The second kappa shape index (κ2) is 7.88. The molecule has 1 aliphatic rings. The van der Waals surface area contributed by atoms with Crippen LogP contribution in [-0.2, 0) is 22.5 Å². The number of fused-ring (bicyclic) bond motifs is 1. The normalized spacial score (nSPS) is 15.2. The van der Waals surface area contributed by atoms with E-state index in [1.165, 1.54) is 13.2 Å². The average molecular weight is 389 g/mol. The summed E-state index contributed by atoms with van der Waals surface area (Å²) in [4.78, 5) is 20.5. The standard InChI is InChI=1S/C23H20FN3O2/c1-15-20(24)11-17(12-25-15)4-3-16-5-7-18(8-6-16)21-14-27-13-19(23(28)29-2)9-10-22(27)26-21/h5-8,11-12,14,19H,9-10,13H2,1-2H3. The summed E-state index contributed by atoms with van der Waals surface area (Å²) in [5.74, 6) is 6.30. The minimum Gasteiger partial charge on any atom is -0.469 e. The zero-order valence-electron chi connectivity index (χ0n) is 16.3. The smallest absolute Gasteiger partial charge is 0.310 e. The van der Waals surface area contributed by atoms with Crippen LogP contribution in [0.25, 0.3) is 11.3 Å². The topological polar surface area (TPSA) is 57.0 Å². The fourth-order valence-corrected chi connectivity index (χ4v) is 3.39. The second-order valence-corrected chi connectivity index (χ2v) is 7.07. The summed E-state index contributed by atoms with van der Waals surface area (Å²) >= 11 is 0. The number of imidazole rings is 1. The number of esters is 1. The summed E-state index contributed by atoms with van der Waals surface area (Å²) in [7, 11) is 1.42. The van der Waals surface area contributed by atoms with Crippen LogP contribution in [0, 0.1) is 30.5 Å². The lowest BCUT2D eigenvalue weighted by Gasteiger charge is -2.21. The van der Waals surface area contributed by atoms with E-state index in [0.717, 1.165) is 35.5 Å². The third-order valence-corrected chi connectivity index (χ3v) is 5.08. The quantitative estimate of drug-likeness (QED) is 0.497. The molecular weight excluding hydrogens is 369 g/mol. The minimum atomic E-state index is -0.356. The molecule has 146 valence electrons. The van der Waals surface area contributed by atoms with Crippen LogP contribution in [0.5, 0.6) is 0 Å². The monoisotopic (exact) mass is 389 g/mol. The van der Waals surface area contributed by atoms with Gasteiger partial charge in [-0.2, -0.15) is 0 Å². The summed E-state index contributed by atoms with van der Waals surface area (Å²) in [6.45, 7) is 2.22. The zero-order chi connectivity index (χ0) is 20.4. The van der Waals surface area contributed by atoms with E-state index < -0.39 is 0 Å². The van der Waals surface area contributed by atoms with E-state index in [0.29, 0.717) is 17.8 Å². The predicted octanol–water partition coefficient (Wildman–Crippen LogP) is 3.53. The SMILES string of the molecule is COC(=O)C1CCc2nc(-c3ccc(C#Cc4cnc(C)c(F)c4)cc3)cn2C1. The highest BCUT2D eigenvalue weighted by Crippen LogP contribution is 2.25. The Balaban J connectivity index is 1.51. The molecule has 1 unspecified atom stereocenters. The predicted molar refractivity (Wildman–Crippen MR) is 106 cm³/mol. The van der Waals surface area contributed by atoms with Gasteiger partial charge >= 0.3 is 5.97 Å². The molecule has 0 saturated heterocycles. The number of aryl methyl sites for hydroxylation is 2. The maximum Gasteiger partial charge on any atom is 0.310 e. The molecule has 1 aromatic carbocycles. The molecule has 3 heterocycles. The zero-order valence-corrected chi connectivity index (χ0v) is 16.3. The molecule has 4 rings (SSSR count). The minimum absolute atomic E-state index is 0.117. The fraction of sp³-hybridized carbons (Fsp3) is 0.261. The van der Waals surface area contributed by atoms with Crippen molar-refractivity contribution < 1.29 is 13.9 Å². The van der Waals surface area contributed by atoms with Gasteiger partial charge in [-0.05, 0) is 31.5 Å². The first-order chi connectivity index (χ1) is 14.0. The molecule has 0 spiro atoms. The number of methoxy groups -OCH3 is 1. The first-order valence-electron chi connectivity index (χ1n) is 9.42. The first-order valence-corrected chi connectivity index (χ1v) is 9.42. The Morgan fingerprint density at radius 1 is 1.24 bits per heavy atom. The number of pyridine rings is 1. The summed E-state index contributed by atoms with van der Waals surface area (Å²) < 4.78 is 20.5. The average Bonchev–Trinajstić information content (AvgIpc) is 3.17. The molecule has 1 atom stereocenters. The van der Waals surface area contributed by atoms with Crippen molar-refractivity contribution in [2.75, 3.05) is 7.11 Å². The van der Waals surface area contributed by atoms with Crippen LogP contribution in [0.3, 0.4) is 0 Å². The number of aromatic nitrogens is 3. The van der Waals surface area contributed by atoms with Crippen molar-refractivity contribution in [2.24, 2.45) is 5.92 Å². The summed E-state index contributed by atoms with van der Waals surface area (Å²) in [6, 6.07) is 9.14. The molecule has 0 amide bonds. The Morgan fingerprint density at radius 2 is 2.00 bits per heavy atom. The Hall–Kier alpha value is -3.46. The Labute approximate surface area is 168 Å². The Kier molecular flexibility index (Phi) is 5.13. The van der Waals surface area contributed by atoms with Crippen molar-refractivity contribution in [2.45, 2.75) is 26.3 Å². The van der Waals surface area contributed by atoms with E-state index in [-0.39, 0.29) is 17.7 Å². The highest BCUT2D eigenvalue weighted by Gasteiger charge is 2.26. The lowest BCUT2D eigenvalue weighted by Crippen LogP contribution is -2.27. The van der Waals surface area contributed by atoms with Crippen LogP contribution in [0.1, 0.15) is 29.1 Å². The van der Waals surface area contributed by atoms with Crippen LogP contribution in [0.15, 0.2) is 42.7 Å². The van der Waals surface area contributed by atoms with Gasteiger partial charge in [-0.15, -0.1) is 0 Å². The van der Waals surface area contributed by atoms with Gasteiger partial charge in [0.15, 0.2) is 0 Å². The highest BCUT2D eigenvalue weighted by atomic mass is 19.1. The van der Waals surface area contributed by atoms with Gasteiger partial charge in [0.2, 0.25) is 0 Å². The van der Waals surface area contributed by atoms with Gasteiger partial charge in [-0.25, -0.2) is 9.37 Å². The van der Waals surface area contributed by atoms with Crippen molar-refractivity contribution in [1.29, 1.82) is 0 Å². The van der Waals surface area contributed by atoms with Crippen molar-refractivity contribution >= 4 is 5.97 Å². The lowest BCUT2D eigenvalue weighted by molar-refractivity contribution is -0.146. The summed E-state index contributed by atoms with van der Waals surface area (Å²) in [6.07, 6.45) is 5.06. The summed E-state index contributed by atoms with van der Waals surface area (Å²) in [5, 5.41) is 0. The van der Waals surface area contributed by atoms with Crippen molar-refractivity contribution in [1.82, 2.24) is 14.5 Å². The third kappa shape index (κ3) is 4.04. The molecule has 1 aliphatic heterocycles. The van der Waals surface area contributed by atoms with Crippen LogP contribution >= 0.6 is 0 Å². The van der Waals surface area contributed by atoms with Gasteiger partial charge in [0.05, 0.1) is 24.4 Å². The molecular formula is C23H20FN3O2. The number of rotatable bonds is 2. The summed E-state index contributed by atoms with van der Waals surface area (Å²) in [5.41, 5.74) is 3.58. The molecule has 0 radical (unpaired) electrons. The van der Waals surface area contributed by atoms with E-state index in [2.05, 4.69) is 16.8 Å². The van der Waals surface area contributed by atoms with Crippen LogP contribution in [-0.4, -0.2) is 27.6 Å². The molecule has 0 saturated carbocycles. The van der Waals surface area contributed by atoms with Crippen LogP contribution in [0.4, 0.5) is 4.39 Å². The molecule has 3 aromatic rings.